The molecule has 4 heteroatoms. The van der Waals surface area contributed by atoms with Gasteiger partial charge in [0.15, 0.2) is 0 Å². The summed E-state index contributed by atoms with van der Waals surface area (Å²) in [6.07, 6.45) is 9.66. The van der Waals surface area contributed by atoms with E-state index in [0.717, 1.165) is 11.5 Å². The van der Waals surface area contributed by atoms with Crippen LogP contribution in [0.1, 0.15) is 79.1 Å². The first kappa shape index (κ1) is 30.2. The van der Waals surface area contributed by atoms with E-state index in [2.05, 4.69) is 113 Å². The van der Waals surface area contributed by atoms with Crippen molar-refractivity contribution in [2.75, 3.05) is 0 Å². The van der Waals surface area contributed by atoms with E-state index in [1.54, 1.807) is 0 Å². The molecule has 2 nitrogen and oxygen atoms in total. The number of para-hydroxylation sites is 2. The molecule has 0 heterocycles. The lowest BCUT2D eigenvalue weighted by molar-refractivity contribution is 0.533. The van der Waals surface area contributed by atoms with Crippen LogP contribution in [0.2, 0.25) is 24.2 Å². The summed E-state index contributed by atoms with van der Waals surface area (Å²) in [6.45, 7) is 9.19. The van der Waals surface area contributed by atoms with Crippen LogP contribution >= 0.6 is 0 Å². The first-order chi connectivity index (χ1) is 18.6. The van der Waals surface area contributed by atoms with Crippen molar-refractivity contribution in [2.45, 2.75) is 103 Å². The molecule has 0 saturated heterocycles. The van der Waals surface area contributed by atoms with E-state index in [4.69, 9.17) is 8.85 Å². The molecule has 38 heavy (non-hydrogen) atoms. The molecule has 0 aliphatic heterocycles. The van der Waals surface area contributed by atoms with Gasteiger partial charge in [0, 0.05) is 0 Å². The zero-order chi connectivity index (χ0) is 27.1. The molecule has 0 bridgehead atoms. The third kappa shape index (κ3) is 8.35. The maximum absolute atomic E-state index is 7.06. The largest absolute Gasteiger partial charge is 0.539 e. The normalized spacial score (nSPS) is 11.9. The fourth-order valence-electron chi connectivity index (χ4n) is 5.50. The predicted molar refractivity (Wildman–Crippen MR) is 170 cm³/mol. The van der Waals surface area contributed by atoms with E-state index in [1.165, 1.54) is 85.9 Å². The lowest BCUT2D eigenvalue weighted by Crippen LogP contribution is -2.56. The average molecular weight is 547 g/mol. The topological polar surface area (TPSA) is 18.5 Å². The quantitative estimate of drug-likeness (QED) is 0.148. The van der Waals surface area contributed by atoms with Crippen molar-refractivity contribution >= 4 is 27.0 Å². The maximum Gasteiger partial charge on any atom is 0.282 e. The summed E-state index contributed by atoms with van der Waals surface area (Å²) in [5.74, 6) is 2.05. The summed E-state index contributed by atoms with van der Waals surface area (Å²) in [4.78, 5) is 0. The van der Waals surface area contributed by atoms with Crippen molar-refractivity contribution in [1.82, 2.24) is 0 Å². The van der Waals surface area contributed by atoms with Crippen LogP contribution in [0, 0.1) is 0 Å². The second kappa shape index (κ2) is 15.9. The zero-order valence-corrected chi connectivity index (χ0v) is 26.4. The molecule has 206 valence electrons. The second-order valence-corrected chi connectivity index (χ2v) is 18.4. The molecule has 0 N–H and O–H groups in total. The zero-order valence-electron chi connectivity index (χ0n) is 24.4. The van der Waals surface area contributed by atoms with Gasteiger partial charge in [-0.05, 0) is 58.8 Å². The summed E-state index contributed by atoms with van der Waals surface area (Å²) in [5.41, 5.74) is 0. The van der Waals surface area contributed by atoms with Crippen molar-refractivity contribution in [3.63, 3.8) is 0 Å². The molecule has 3 rings (SSSR count). The lowest BCUT2D eigenvalue weighted by atomic mass is 10.3. The Bertz CT molecular complexity index is 921. The molecular weight excluding hydrogens is 497 g/mol. The molecule has 0 saturated carbocycles. The van der Waals surface area contributed by atoms with Crippen molar-refractivity contribution in [3.8, 4) is 11.5 Å². The van der Waals surface area contributed by atoms with E-state index in [-0.39, 0.29) is 0 Å². The Morgan fingerprint density at radius 1 is 0.421 bits per heavy atom. The average Bonchev–Trinajstić information content (AvgIpc) is 2.97. The second-order valence-electron chi connectivity index (χ2n) is 10.8. The molecule has 3 aromatic rings. The van der Waals surface area contributed by atoms with Crippen LogP contribution in [0.3, 0.4) is 0 Å². The molecule has 0 spiro atoms. The minimum Gasteiger partial charge on any atom is -0.539 e. The van der Waals surface area contributed by atoms with Crippen molar-refractivity contribution < 1.29 is 8.85 Å². The molecule has 0 unspecified atom stereocenters. The van der Waals surface area contributed by atoms with Gasteiger partial charge in [0.05, 0.1) is 0 Å². The molecule has 0 aliphatic carbocycles. The summed E-state index contributed by atoms with van der Waals surface area (Å²) in [5, 5.41) is 2.89. The fourth-order valence-corrected chi connectivity index (χ4v) is 14.2. The highest BCUT2D eigenvalue weighted by atomic mass is 28.4. The number of benzene rings is 3. The van der Waals surface area contributed by atoms with Gasteiger partial charge >= 0.3 is 0 Å². The number of hydrogen-bond donors (Lipinski definition) is 0. The third-order valence-corrected chi connectivity index (χ3v) is 16.5. The Morgan fingerprint density at radius 3 is 0.974 bits per heavy atom. The summed E-state index contributed by atoms with van der Waals surface area (Å²) < 4.78 is 14.1. The van der Waals surface area contributed by atoms with Crippen LogP contribution in [-0.2, 0) is 0 Å². The number of rotatable bonds is 18. The van der Waals surface area contributed by atoms with E-state index in [9.17, 15) is 0 Å². The Morgan fingerprint density at radius 2 is 0.711 bits per heavy atom. The monoisotopic (exact) mass is 546 g/mol. The minimum atomic E-state index is -2.19. The van der Waals surface area contributed by atoms with Crippen molar-refractivity contribution in [2.24, 2.45) is 0 Å². The van der Waals surface area contributed by atoms with Crippen LogP contribution < -0.4 is 19.2 Å². The van der Waals surface area contributed by atoms with E-state index < -0.39 is 16.6 Å². The molecule has 3 aromatic carbocycles. The Hall–Kier alpha value is -2.31. The van der Waals surface area contributed by atoms with Gasteiger partial charge in [0.1, 0.15) is 11.5 Å². The number of unbranched alkanes of at least 4 members (excludes halogenated alkanes) is 4. The molecule has 0 atom stereocenters. The summed E-state index contributed by atoms with van der Waals surface area (Å²) in [7, 11) is -4.37. The Labute approximate surface area is 235 Å². The first-order valence-electron chi connectivity index (χ1n) is 15.2. The predicted octanol–water partition coefficient (Wildman–Crippen LogP) is 9.35. The highest BCUT2D eigenvalue weighted by Crippen LogP contribution is 2.29. The fraction of sp³-hybridized carbons (Fsp3) is 0.471. The minimum absolute atomic E-state index is 1.03. The van der Waals surface area contributed by atoms with Gasteiger partial charge in [0.2, 0.25) is 0 Å². The first-order valence-corrected chi connectivity index (χ1v) is 19.8. The molecule has 0 fully saturated rings. The maximum atomic E-state index is 7.06. The molecule has 0 aliphatic rings. The van der Waals surface area contributed by atoms with Gasteiger partial charge in [-0.15, -0.1) is 0 Å². The van der Waals surface area contributed by atoms with Gasteiger partial charge in [0.25, 0.3) is 16.6 Å². The van der Waals surface area contributed by atoms with Crippen LogP contribution in [0.5, 0.6) is 11.5 Å². The van der Waals surface area contributed by atoms with Crippen molar-refractivity contribution in [3.05, 3.63) is 84.9 Å². The molecular formula is C34H50O2Si2. The van der Waals surface area contributed by atoms with Crippen LogP contribution in [-0.4, -0.2) is 16.6 Å². The Balaban J connectivity index is 2.04. The molecule has 0 amide bonds. The van der Waals surface area contributed by atoms with E-state index in [1.807, 2.05) is 0 Å². The van der Waals surface area contributed by atoms with Crippen LogP contribution in [0.25, 0.3) is 0 Å². The smallest absolute Gasteiger partial charge is 0.282 e. The van der Waals surface area contributed by atoms with E-state index >= 15 is 0 Å². The van der Waals surface area contributed by atoms with E-state index in [0.29, 0.717) is 0 Å². The lowest BCUT2D eigenvalue weighted by Gasteiger charge is -2.35. The van der Waals surface area contributed by atoms with Crippen LogP contribution in [0.4, 0.5) is 0 Å². The van der Waals surface area contributed by atoms with Gasteiger partial charge in [-0.2, -0.15) is 0 Å². The number of hydrogen-bond acceptors (Lipinski definition) is 2. The van der Waals surface area contributed by atoms with Gasteiger partial charge < -0.3 is 8.85 Å². The van der Waals surface area contributed by atoms with Gasteiger partial charge in [-0.1, -0.05) is 140 Å². The molecule has 0 radical (unpaired) electrons. The van der Waals surface area contributed by atoms with Gasteiger partial charge in [-0.3, -0.25) is 0 Å². The standard InChI is InChI=1S/C34H50O2Si2/c1-5-9-27-37(28-10-6-2,35-31-19-15-13-16-20-31)33-23-25-34(26-24-33)38(29-11-7-3,30-12-8-4)36-32-21-17-14-18-22-32/h13-26H,5-12,27-30H2,1-4H3. The summed E-state index contributed by atoms with van der Waals surface area (Å²) >= 11 is 0. The highest BCUT2D eigenvalue weighted by molar-refractivity contribution is 6.88. The Kier molecular flexibility index (Phi) is 12.7. The SMILES string of the molecule is CCCC[Si](CCCC)(Oc1ccccc1)c1ccc([Si](CCCC)(CCCC)Oc2ccccc2)cc1. The van der Waals surface area contributed by atoms with Crippen molar-refractivity contribution in [1.29, 1.82) is 0 Å². The molecule has 0 aromatic heterocycles. The highest BCUT2D eigenvalue weighted by Gasteiger charge is 2.41. The summed E-state index contributed by atoms with van der Waals surface area (Å²) in [6, 6.07) is 35.5. The van der Waals surface area contributed by atoms with Crippen LogP contribution in [0.15, 0.2) is 84.9 Å². The van der Waals surface area contributed by atoms with Gasteiger partial charge in [-0.25, -0.2) is 0 Å². The third-order valence-electron chi connectivity index (χ3n) is 7.79.